The minimum atomic E-state index is -0.315. The highest BCUT2D eigenvalue weighted by molar-refractivity contribution is 5.78. The van der Waals surface area contributed by atoms with Crippen LogP contribution in [0.4, 0.5) is 4.39 Å². The number of hydrogen-bond donors (Lipinski definition) is 1. The zero-order chi connectivity index (χ0) is 13.1. The predicted molar refractivity (Wildman–Crippen MR) is 66.5 cm³/mol. The van der Waals surface area contributed by atoms with Gasteiger partial charge in [0, 0.05) is 13.6 Å². The lowest BCUT2D eigenvalue weighted by Gasteiger charge is -2.34. The number of amides is 1. The first kappa shape index (κ1) is 13.0. The number of nitrogens with zero attached hydrogens (tertiary/aromatic N) is 1. The number of rotatable bonds is 4. The van der Waals surface area contributed by atoms with Gasteiger partial charge in [-0.2, -0.15) is 0 Å². The maximum Gasteiger partial charge on any atom is 0.226 e. The molecular weight excluding hydrogens is 233 g/mol. The van der Waals surface area contributed by atoms with Crippen molar-refractivity contribution in [1.29, 1.82) is 0 Å². The number of carbonyl (C=O) groups excluding carboxylic acids is 1. The van der Waals surface area contributed by atoms with Crippen LogP contribution in [0.2, 0.25) is 0 Å². The number of hydrogen-bond acceptors (Lipinski definition) is 2. The molecule has 18 heavy (non-hydrogen) atoms. The minimum Gasteiger partial charge on any atom is -0.393 e. The van der Waals surface area contributed by atoms with Crippen molar-refractivity contribution in [2.24, 2.45) is 5.92 Å². The summed E-state index contributed by atoms with van der Waals surface area (Å²) in [6.45, 7) is 0.672. The van der Waals surface area contributed by atoms with E-state index in [1.807, 2.05) is 0 Å². The first-order chi connectivity index (χ1) is 8.54. The van der Waals surface area contributed by atoms with Crippen LogP contribution in [0.15, 0.2) is 24.3 Å². The van der Waals surface area contributed by atoms with Gasteiger partial charge in [-0.25, -0.2) is 4.39 Å². The number of halogens is 1. The molecule has 2 rings (SSSR count). The van der Waals surface area contributed by atoms with Crippen LogP contribution in [0.1, 0.15) is 18.4 Å². The third kappa shape index (κ3) is 3.29. The number of likely N-dealkylation sites (N-methyl/N-ethyl adjacent to an activating group) is 1. The topological polar surface area (TPSA) is 40.5 Å². The van der Waals surface area contributed by atoms with E-state index in [2.05, 4.69) is 0 Å². The quantitative estimate of drug-likeness (QED) is 0.883. The van der Waals surface area contributed by atoms with Crippen LogP contribution in [0.25, 0.3) is 0 Å². The summed E-state index contributed by atoms with van der Waals surface area (Å²) < 4.78 is 13.0. The molecule has 0 atom stereocenters. The Morgan fingerprint density at radius 1 is 1.50 bits per heavy atom. The van der Waals surface area contributed by atoms with Crippen LogP contribution < -0.4 is 0 Å². The monoisotopic (exact) mass is 251 g/mol. The van der Waals surface area contributed by atoms with Gasteiger partial charge < -0.3 is 10.0 Å². The standard InChI is InChI=1S/C14H18FNO2/c1-16(9-11-6-13(17)7-11)14(18)8-10-3-2-4-12(15)5-10/h2-5,11,13,17H,6-9H2,1H3. The van der Waals surface area contributed by atoms with Gasteiger partial charge >= 0.3 is 0 Å². The second-order valence-electron chi connectivity index (χ2n) is 5.07. The number of aliphatic hydroxyl groups excluding tert-OH is 1. The summed E-state index contributed by atoms with van der Waals surface area (Å²) in [6, 6.07) is 6.12. The molecule has 0 saturated heterocycles. The molecule has 1 aliphatic rings. The molecule has 1 amide bonds. The normalized spacial score (nSPS) is 22.4. The van der Waals surface area contributed by atoms with E-state index in [4.69, 9.17) is 0 Å². The summed E-state index contributed by atoms with van der Waals surface area (Å²) in [5.41, 5.74) is 0.695. The second kappa shape index (κ2) is 5.48. The lowest BCUT2D eigenvalue weighted by molar-refractivity contribution is -0.130. The maximum atomic E-state index is 13.0. The Bertz CT molecular complexity index is 430. The summed E-state index contributed by atoms with van der Waals surface area (Å²) in [6.07, 6.45) is 1.58. The number of benzene rings is 1. The van der Waals surface area contributed by atoms with Crippen molar-refractivity contribution in [2.75, 3.05) is 13.6 Å². The van der Waals surface area contributed by atoms with Crippen molar-refractivity contribution in [3.05, 3.63) is 35.6 Å². The molecule has 1 aromatic carbocycles. The Hall–Kier alpha value is -1.42. The first-order valence-corrected chi connectivity index (χ1v) is 6.21. The fourth-order valence-corrected chi connectivity index (χ4v) is 2.30. The number of carbonyl (C=O) groups is 1. The zero-order valence-electron chi connectivity index (χ0n) is 10.5. The van der Waals surface area contributed by atoms with Crippen molar-refractivity contribution < 1.29 is 14.3 Å². The Morgan fingerprint density at radius 3 is 2.83 bits per heavy atom. The largest absolute Gasteiger partial charge is 0.393 e. The molecule has 0 heterocycles. The fourth-order valence-electron chi connectivity index (χ4n) is 2.30. The van der Waals surface area contributed by atoms with Crippen LogP contribution in [0.3, 0.4) is 0 Å². The maximum absolute atomic E-state index is 13.0. The molecule has 0 spiro atoms. The third-order valence-corrected chi connectivity index (χ3v) is 3.41. The van der Waals surface area contributed by atoms with Gasteiger partial charge in [0.05, 0.1) is 12.5 Å². The molecule has 0 aliphatic heterocycles. The Labute approximate surface area is 106 Å². The molecule has 1 fully saturated rings. The van der Waals surface area contributed by atoms with Crippen molar-refractivity contribution >= 4 is 5.91 Å². The van der Waals surface area contributed by atoms with Crippen molar-refractivity contribution in [3.8, 4) is 0 Å². The van der Waals surface area contributed by atoms with Gasteiger partial charge in [0.1, 0.15) is 5.82 Å². The molecular formula is C14H18FNO2. The van der Waals surface area contributed by atoms with Crippen molar-refractivity contribution in [2.45, 2.75) is 25.4 Å². The van der Waals surface area contributed by atoms with Crippen LogP contribution in [-0.2, 0) is 11.2 Å². The van der Waals surface area contributed by atoms with Crippen LogP contribution in [0, 0.1) is 11.7 Å². The summed E-state index contributed by atoms with van der Waals surface area (Å²) in [5.74, 6) is 0.0773. The second-order valence-corrected chi connectivity index (χ2v) is 5.07. The average Bonchev–Trinajstić information content (AvgIpc) is 2.26. The zero-order valence-corrected chi connectivity index (χ0v) is 10.5. The highest BCUT2D eigenvalue weighted by Gasteiger charge is 2.28. The van der Waals surface area contributed by atoms with Gasteiger partial charge in [-0.3, -0.25) is 4.79 Å². The highest BCUT2D eigenvalue weighted by Crippen LogP contribution is 2.27. The summed E-state index contributed by atoms with van der Waals surface area (Å²) in [5, 5.41) is 9.19. The molecule has 1 aliphatic carbocycles. The highest BCUT2D eigenvalue weighted by atomic mass is 19.1. The van der Waals surface area contributed by atoms with E-state index in [-0.39, 0.29) is 24.2 Å². The van der Waals surface area contributed by atoms with E-state index in [1.165, 1.54) is 12.1 Å². The molecule has 0 aromatic heterocycles. The third-order valence-electron chi connectivity index (χ3n) is 3.41. The Kier molecular flexibility index (Phi) is 3.97. The Morgan fingerprint density at radius 2 is 2.22 bits per heavy atom. The van der Waals surface area contributed by atoms with Gasteiger partial charge in [0.15, 0.2) is 0 Å². The molecule has 1 aromatic rings. The average molecular weight is 251 g/mol. The van der Waals surface area contributed by atoms with Crippen molar-refractivity contribution in [3.63, 3.8) is 0 Å². The van der Waals surface area contributed by atoms with E-state index in [1.54, 1.807) is 24.1 Å². The van der Waals surface area contributed by atoms with E-state index < -0.39 is 0 Å². The van der Waals surface area contributed by atoms with Gasteiger partial charge in [0.25, 0.3) is 0 Å². The van der Waals surface area contributed by atoms with Crippen molar-refractivity contribution in [1.82, 2.24) is 4.90 Å². The molecule has 3 nitrogen and oxygen atoms in total. The molecule has 1 N–H and O–H groups in total. The van der Waals surface area contributed by atoms with E-state index in [0.717, 1.165) is 12.8 Å². The van der Waals surface area contributed by atoms with E-state index in [0.29, 0.717) is 18.0 Å². The van der Waals surface area contributed by atoms with E-state index >= 15 is 0 Å². The minimum absolute atomic E-state index is 0.0120. The SMILES string of the molecule is CN(CC1CC(O)C1)C(=O)Cc1cccc(F)c1. The summed E-state index contributed by atoms with van der Waals surface area (Å²) in [7, 11) is 1.76. The Balaban J connectivity index is 1.83. The van der Waals surface area contributed by atoms with Crippen LogP contribution in [-0.4, -0.2) is 35.6 Å². The summed E-state index contributed by atoms with van der Waals surface area (Å²) in [4.78, 5) is 13.6. The number of aliphatic hydroxyl groups is 1. The van der Waals surface area contributed by atoms with Crippen LogP contribution >= 0.6 is 0 Å². The molecule has 98 valence electrons. The molecule has 1 saturated carbocycles. The molecule has 4 heteroatoms. The van der Waals surface area contributed by atoms with Gasteiger partial charge in [-0.1, -0.05) is 12.1 Å². The van der Waals surface area contributed by atoms with Gasteiger partial charge in [0.2, 0.25) is 5.91 Å². The predicted octanol–water partition coefficient (Wildman–Crippen LogP) is 1.60. The molecule has 0 bridgehead atoms. The van der Waals surface area contributed by atoms with Crippen LogP contribution in [0.5, 0.6) is 0 Å². The fraction of sp³-hybridized carbons (Fsp3) is 0.500. The lowest BCUT2D eigenvalue weighted by Crippen LogP contribution is -2.40. The summed E-state index contributed by atoms with van der Waals surface area (Å²) >= 11 is 0. The molecule has 0 unspecified atom stereocenters. The first-order valence-electron chi connectivity index (χ1n) is 6.21. The van der Waals surface area contributed by atoms with Gasteiger partial charge in [-0.15, -0.1) is 0 Å². The molecule has 0 radical (unpaired) electrons. The lowest BCUT2D eigenvalue weighted by atomic mass is 9.82. The smallest absolute Gasteiger partial charge is 0.226 e. The van der Waals surface area contributed by atoms with E-state index in [9.17, 15) is 14.3 Å². The van der Waals surface area contributed by atoms with Gasteiger partial charge in [-0.05, 0) is 36.5 Å².